The van der Waals surface area contributed by atoms with Crippen LogP contribution < -0.4 is 5.56 Å². The van der Waals surface area contributed by atoms with Crippen LogP contribution in [0.5, 0.6) is 0 Å². The van der Waals surface area contributed by atoms with E-state index in [9.17, 15) is 9.59 Å². The van der Waals surface area contributed by atoms with Gasteiger partial charge < -0.3 is 19.0 Å². The van der Waals surface area contributed by atoms with Crippen molar-refractivity contribution in [2.45, 2.75) is 25.5 Å². The van der Waals surface area contributed by atoms with Gasteiger partial charge in [-0.25, -0.2) is 0 Å². The summed E-state index contributed by atoms with van der Waals surface area (Å²) in [6.45, 7) is 1.51. The number of H-pyrrole nitrogens is 1. The Hall–Kier alpha value is -3.19. The van der Waals surface area contributed by atoms with Gasteiger partial charge >= 0.3 is 0 Å². The van der Waals surface area contributed by atoms with Crippen molar-refractivity contribution >= 4 is 5.91 Å². The van der Waals surface area contributed by atoms with Gasteiger partial charge in [0, 0.05) is 32.1 Å². The largest absolute Gasteiger partial charge is 0.463 e. The predicted molar refractivity (Wildman–Crippen MR) is 103 cm³/mol. The Labute approximate surface area is 162 Å². The Bertz CT molecular complexity index is 976. The molecule has 1 atom stereocenters. The summed E-state index contributed by atoms with van der Waals surface area (Å²) in [5.41, 5.74) is 1.08. The third kappa shape index (κ3) is 4.04. The van der Waals surface area contributed by atoms with Gasteiger partial charge in [0.2, 0.25) is 0 Å². The molecule has 1 aliphatic heterocycles. The van der Waals surface area contributed by atoms with Gasteiger partial charge in [0.1, 0.15) is 11.3 Å². The molecule has 0 spiro atoms. The molecule has 0 aromatic carbocycles. The number of pyridine rings is 2. The molecule has 4 rings (SSSR count). The minimum atomic E-state index is -0.442. The van der Waals surface area contributed by atoms with Crippen molar-refractivity contribution in [3.8, 4) is 11.5 Å². The van der Waals surface area contributed by atoms with Gasteiger partial charge in [0.25, 0.3) is 11.5 Å². The van der Waals surface area contributed by atoms with Crippen LogP contribution >= 0.6 is 0 Å². The van der Waals surface area contributed by atoms with E-state index in [4.69, 9.17) is 9.15 Å². The minimum absolute atomic E-state index is 0.0119. The molecule has 1 saturated heterocycles. The van der Waals surface area contributed by atoms with Gasteiger partial charge in [-0.2, -0.15) is 0 Å². The maximum atomic E-state index is 13.2. The zero-order valence-corrected chi connectivity index (χ0v) is 15.3. The van der Waals surface area contributed by atoms with Crippen LogP contribution in [0, 0.1) is 0 Å². The van der Waals surface area contributed by atoms with Crippen molar-refractivity contribution < 1.29 is 13.9 Å². The molecule has 0 bridgehead atoms. The van der Waals surface area contributed by atoms with E-state index >= 15 is 0 Å². The number of ether oxygens (including phenoxy) is 1. The third-order valence-corrected chi connectivity index (χ3v) is 4.76. The summed E-state index contributed by atoms with van der Waals surface area (Å²) in [7, 11) is 0. The highest BCUT2D eigenvalue weighted by Crippen LogP contribution is 2.18. The van der Waals surface area contributed by atoms with E-state index in [1.165, 1.54) is 6.26 Å². The lowest BCUT2D eigenvalue weighted by Crippen LogP contribution is -2.39. The molecule has 4 heterocycles. The number of hydrogen-bond donors (Lipinski definition) is 1. The average molecular weight is 379 g/mol. The van der Waals surface area contributed by atoms with Crippen LogP contribution in [-0.4, -0.2) is 40.0 Å². The Kier molecular flexibility index (Phi) is 5.34. The molecule has 1 aliphatic rings. The average Bonchev–Trinajstić information content (AvgIpc) is 3.42. The summed E-state index contributed by atoms with van der Waals surface area (Å²) in [6.07, 6.45) is 6.82. The van der Waals surface area contributed by atoms with Crippen molar-refractivity contribution in [1.29, 1.82) is 0 Å². The van der Waals surface area contributed by atoms with Crippen molar-refractivity contribution in [1.82, 2.24) is 14.9 Å². The molecule has 1 fully saturated rings. The summed E-state index contributed by atoms with van der Waals surface area (Å²) in [5, 5.41) is 0. The van der Waals surface area contributed by atoms with E-state index in [0.717, 1.165) is 18.4 Å². The van der Waals surface area contributed by atoms with E-state index in [-0.39, 0.29) is 17.6 Å². The first-order valence-electron chi connectivity index (χ1n) is 9.28. The normalized spacial score (nSPS) is 16.2. The molecule has 0 radical (unpaired) electrons. The van der Waals surface area contributed by atoms with E-state index in [1.807, 2.05) is 12.1 Å². The Morgan fingerprint density at radius 2 is 2.18 bits per heavy atom. The number of nitrogens with one attached hydrogen (secondary N) is 1. The second-order valence-electron chi connectivity index (χ2n) is 6.77. The van der Waals surface area contributed by atoms with Gasteiger partial charge in [-0.15, -0.1) is 0 Å². The predicted octanol–water partition coefficient (Wildman–Crippen LogP) is 2.85. The van der Waals surface area contributed by atoms with E-state index in [2.05, 4.69) is 9.97 Å². The Morgan fingerprint density at radius 3 is 2.86 bits per heavy atom. The molecule has 144 valence electrons. The summed E-state index contributed by atoms with van der Waals surface area (Å²) >= 11 is 0. The summed E-state index contributed by atoms with van der Waals surface area (Å²) < 4.78 is 11.0. The first-order chi connectivity index (χ1) is 13.7. The van der Waals surface area contributed by atoms with Gasteiger partial charge in [-0.05, 0) is 48.7 Å². The maximum Gasteiger partial charge on any atom is 0.261 e. The molecule has 1 N–H and O–H groups in total. The highest BCUT2D eigenvalue weighted by atomic mass is 16.5. The molecule has 3 aromatic heterocycles. The highest BCUT2D eigenvalue weighted by Gasteiger charge is 2.25. The second-order valence-corrected chi connectivity index (χ2v) is 6.77. The molecular formula is C21H21N3O4. The van der Waals surface area contributed by atoms with Gasteiger partial charge in [-0.1, -0.05) is 6.07 Å². The standard InChI is InChI=1S/C21H21N3O4/c25-20-17(7-8-18(23-20)19-6-3-11-28-19)21(26)24(14-16-5-2-10-27-16)13-15-4-1-9-22-12-15/h1,3-4,6-9,11-12,16H,2,5,10,13-14H2,(H,23,25). The quantitative estimate of drug-likeness (QED) is 0.711. The first-order valence-corrected chi connectivity index (χ1v) is 9.28. The minimum Gasteiger partial charge on any atom is -0.463 e. The number of hydrogen-bond acceptors (Lipinski definition) is 5. The lowest BCUT2D eigenvalue weighted by Gasteiger charge is -2.25. The molecule has 1 amide bonds. The number of aromatic amines is 1. The Morgan fingerprint density at radius 1 is 1.25 bits per heavy atom. The van der Waals surface area contributed by atoms with Crippen LogP contribution in [-0.2, 0) is 11.3 Å². The van der Waals surface area contributed by atoms with Crippen LogP contribution in [0.2, 0.25) is 0 Å². The van der Waals surface area contributed by atoms with Crippen molar-refractivity contribution in [3.63, 3.8) is 0 Å². The fourth-order valence-electron chi connectivity index (χ4n) is 3.35. The number of aromatic nitrogens is 2. The SMILES string of the molecule is O=C(c1ccc(-c2ccco2)[nH]c1=O)N(Cc1cccnc1)CC1CCCO1. The number of rotatable bonds is 6. The zero-order chi connectivity index (χ0) is 19.3. The topological polar surface area (TPSA) is 88.4 Å². The zero-order valence-electron chi connectivity index (χ0n) is 15.3. The summed E-state index contributed by atoms with van der Waals surface area (Å²) in [6, 6.07) is 10.5. The number of furan rings is 1. The smallest absolute Gasteiger partial charge is 0.261 e. The van der Waals surface area contributed by atoms with Crippen LogP contribution in [0.15, 0.2) is 64.3 Å². The number of carbonyl (C=O) groups excluding carboxylic acids is 1. The molecule has 28 heavy (non-hydrogen) atoms. The van der Waals surface area contributed by atoms with E-state index in [0.29, 0.717) is 31.2 Å². The number of amides is 1. The van der Waals surface area contributed by atoms with Gasteiger partial charge in [0.05, 0.1) is 18.1 Å². The molecular weight excluding hydrogens is 358 g/mol. The van der Waals surface area contributed by atoms with Crippen LogP contribution in [0.25, 0.3) is 11.5 Å². The highest BCUT2D eigenvalue weighted by molar-refractivity contribution is 5.94. The van der Waals surface area contributed by atoms with Crippen LogP contribution in [0.4, 0.5) is 0 Å². The molecule has 0 aliphatic carbocycles. The molecule has 3 aromatic rings. The molecule has 1 unspecified atom stereocenters. The number of nitrogens with zero attached hydrogens (tertiary/aromatic N) is 2. The van der Waals surface area contributed by atoms with Crippen molar-refractivity contribution in [2.75, 3.05) is 13.2 Å². The lowest BCUT2D eigenvalue weighted by molar-refractivity contribution is 0.0505. The van der Waals surface area contributed by atoms with Crippen LogP contribution in [0.1, 0.15) is 28.8 Å². The fourth-order valence-corrected chi connectivity index (χ4v) is 3.35. The van der Waals surface area contributed by atoms with Crippen LogP contribution in [0.3, 0.4) is 0 Å². The van der Waals surface area contributed by atoms with Gasteiger partial charge in [-0.3, -0.25) is 14.6 Å². The fraction of sp³-hybridized carbons (Fsp3) is 0.286. The van der Waals surface area contributed by atoms with E-state index < -0.39 is 5.56 Å². The van der Waals surface area contributed by atoms with Gasteiger partial charge in [0.15, 0.2) is 0 Å². The van der Waals surface area contributed by atoms with Crippen molar-refractivity contribution in [3.05, 3.63) is 76.5 Å². The molecule has 0 saturated carbocycles. The maximum absolute atomic E-state index is 13.2. The molecule has 7 heteroatoms. The first kappa shape index (κ1) is 18.2. The third-order valence-electron chi connectivity index (χ3n) is 4.76. The second kappa shape index (κ2) is 8.22. The number of carbonyl (C=O) groups is 1. The Balaban J connectivity index is 1.59. The summed E-state index contributed by atoms with van der Waals surface area (Å²) in [4.78, 5) is 34.2. The lowest BCUT2D eigenvalue weighted by atomic mass is 10.1. The summed E-state index contributed by atoms with van der Waals surface area (Å²) in [5.74, 6) is 0.217. The van der Waals surface area contributed by atoms with E-state index in [1.54, 1.807) is 41.6 Å². The molecule has 7 nitrogen and oxygen atoms in total. The monoisotopic (exact) mass is 379 g/mol. The van der Waals surface area contributed by atoms with Crippen molar-refractivity contribution in [2.24, 2.45) is 0 Å².